The molecule has 5 fully saturated rings. The van der Waals surface area contributed by atoms with Gasteiger partial charge in [0.05, 0.1) is 24.1 Å². The van der Waals surface area contributed by atoms with Gasteiger partial charge in [-0.3, -0.25) is 14.9 Å². The van der Waals surface area contributed by atoms with Crippen molar-refractivity contribution in [1.82, 2.24) is 0 Å². The van der Waals surface area contributed by atoms with E-state index in [2.05, 4.69) is 13.8 Å². The predicted octanol–water partition coefficient (Wildman–Crippen LogP) is 4.88. The number of ether oxygens (including phenoxy) is 3. The number of fused-ring (bicyclic) bond motifs is 2. The molecule has 9 nitrogen and oxygen atoms in total. The fourth-order valence-electron chi connectivity index (χ4n) is 7.06. The lowest BCUT2D eigenvalue weighted by Crippen LogP contribution is -2.70. The number of esters is 1. The van der Waals surface area contributed by atoms with Crippen molar-refractivity contribution >= 4 is 11.7 Å². The van der Waals surface area contributed by atoms with Gasteiger partial charge in [0.15, 0.2) is 11.9 Å². The Morgan fingerprint density at radius 1 is 1.17 bits per heavy atom. The molecule has 0 radical (unpaired) electrons. The molecular weight excluding hydrogens is 454 g/mol. The molecule has 6 rings (SSSR count). The van der Waals surface area contributed by atoms with Crippen molar-refractivity contribution in [1.29, 1.82) is 0 Å². The highest BCUT2D eigenvalue weighted by Crippen LogP contribution is 2.61. The third-order valence-corrected chi connectivity index (χ3v) is 8.83. The lowest BCUT2D eigenvalue weighted by Gasteiger charge is -2.61. The highest BCUT2D eigenvalue weighted by atomic mass is 17.3. The van der Waals surface area contributed by atoms with Crippen LogP contribution in [0.2, 0.25) is 0 Å². The zero-order chi connectivity index (χ0) is 25.0. The van der Waals surface area contributed by atoms with Gasteiger partial charge in [-0.25, -0.2) is 9.78 Å². The zero-order valence-electron chi connectivity index (χ0n) is 20.8. The summed E-state index contributed by atoms with van der Waals surface area (Å²) in [5.41, 5.74) is 0.125. The first-order valence-corrected chi connectivity index (χ1v) is 12.8. The molecule has 4 heterocycles. The molecule has 1 aromatic carbocycles. The maximum absolute atomic E-state index is 12.7. The van der Waals surface area contributed by atoms with Crippen molar-refractivity contribution in [3.63, 3.8) is 0 Å². The van der Waals surface area contributed by atoms with Crippen molar-refractivity contribution in [2.45, 2.75) is 89.5 Å². The normalized spacial score (nSPS) is 40.9. The van der Waals surface area contributed by atoms with Gasteiger partial charge in [-0.05, 0) is 56.4 Å². The van der Waals surface area contributed by atoms with Gasteiger partial charge in [0, 0.05) is 30.4 Å². The van der Waals surface area contributed by atoms with Gasteiger partial charge in [0.1, 0.15) is 0 Å². The summed E-state index contributed by atoms with van der Waals surface area (Å²) in [5.74, 6) is -0.688. The highest BCUT2D eigenvalue weighted by molar-refractivity contribution is 5.70. The van der Waals surface area contributed by atoms with Gasteiger partial charge in [0.25, 0.3) is 5.69 Å². The van der Waals surface area contributed by atoms with E-state index in [0.29, 0.717) is 5.92 Å². The van der Waals surface area contributed by atoms with Gasteiger partial charge in [-0.2, -0.15) is 0 Å². The van der Waals surface area contributed by atoms with Crippen molar-refractivity contribution in [2.24, 2.45) is 23.7 Å². The largest absolute Gasteiger partial charge is 0.466 e. The molecule has 1 unspecified atom stereocenters. The minimum absolute atomic E-state index is 0.00666. The van der Waals surface area contributed by atoms with Crippen LogP contribution in [-0.4, -0.2) is 41.3 Å². The summed E-state index contributed by atoms with van der Waals surface area (Å²) in [6, 6.07) is 6.39. The average molecular weight is 490 g/mol. The Kier molecular flexibility index (Phi) is 6.40. The van der Waals surface area contributed by atoms with Gasteiger partial charge in [-0.1, -0.05) is 26.0 Å². The van der Waals surface area contributed by atoms with Crippen LogP contribution < -0.4 is 0 Å². The fraction of sp³-hybridized carbons (Fsp3) is 0.731. The summed E-state index contributed by atoms with van der Waals surface area (Å²) in [6.45, 7) is 8.38. The van der Waals surface area contributed by atoms with Crippen molar-refractivity contribution in [3.8, 4) is 0 Å². The smallest absolute Gasteiger partial charge is 0.306 e. The molecule has 1 saturated carbocycles. The molecule has 4 aliphatic heterocycles. The first-order valence-electron chi connectivity index (χ1n) is 12.8. The molecule has 9 atom stereocenters. The summed E-state index contributed by atoms with van der Waals surface area (Å²) >= 11 is 0. The Morgan fingerprint density at radius 2 is 1.91 bits per heavy atom. The quantitative estimate of drug-likeness (QED) is 0.241. The second-order valence-corrected chi connectivity index (χ2v) is 10.8. The number of nitro groups is 1. The van der Waals surface area contributed by atoms with Crippen LogP contribution in [-0.2, 0) is 28.8 Å². The van der Waals surface area contributed by atoms with Crippen LogP contribution in [0.3, 0.4) is 0 Å². The van der Waals surface area contributed by atoms with Crippen LogP contribution >= 0.6 is 0 Å². The van der Waals surface area contributed by atoms with E-state index in [-0.39, 0.29) is 54.5 Å². The van der Waals surface area contributed by atoms with Crippen LogP contribution in [0.5, 0.6) is 0 Å². The number of nitro benzene ring substituents is 1. The molecule has 1 aromatic rings. The van der Waals surface area contributed by atoms with E-state index in [0.717, 1.165) is 31.2 Å². The van der Waals surface area contributed by atoms with E-state index in [1.165, 1.54) is 12.1 Å². The molecule has 0 aromatic heterocycles. The van der Waals surface area contributed by atoms with E-state index in [1.807, 2.05) is 6.92 Å². The van der Waals surface area contributed by atoms with Crippen LogP contribution in [0.4, 0.5) is 5.69 Å². The molecule has 4 saturated heterocycles. The Morgan fingerprint density at radius 3 is 2.60 bits per heavy atom. The minimum atomic E-state index is -0.882. The Balaban J connectivity index is 1.52. The second kappa shape index (κ2) is 9.10. The van der Waals surface area contributed by atoms with Crippen molar-refractivity contribution in [3.05, 3.63) is 39.9 Å². The van der Waals surface area contributed by atoms with E-state index >= 15 is 0 Å². The van der Waals surface area contributed by atoms with E-state index in [1.54, 1.807) is 19.1 Å². The molecule has 0 amide bonds. The lowest BCUT2D eigenvalue weighted by atomic mass is 9.56. The molecule has 35 heavy (non-hydrogen) atoms. The Hall–Kier alpha value is -2.07. The van der Waals surface area contributed by atoms with E-state index < -0.39 is 22.6 Å². The second-order valence-electron chi connectivity index (χ2n) is 10.8. The van der Waals surface area contributed by atoms with Crippen LogP contribution in [0.15, 0.2) is 24.3 Å². The Labute approximate surface area is 205 Å². The fourth-order valence-corrected chi connectivity index (χ4v) is 7.06. The number of hydrogen-bond donors (Lipinski definition) is 0. The summed E-state index contributed by atoms with van der Waals surface area (Å²) in [5, 5.41) is 11.2. The molecule has 2 bridgehead atoms. The number of nitrogens with zero attached hydrogens (tertiary/aromatic N) is 1. The van der Waals surface area contributed by atoms with Gasteiger partial charge in [-0.15, -0.1) is 0 Å². The topological polar surface area (TPSA) is 106 Å². The number of carbonyl (C=O) groups is 1. The number of rotatable bonds is 6. The highest BCUT2D eigenvalue weighted by Gasteiger charge is 2.69. The van der Waals surface area contributed by atoms with Gasteiger partial charge < -0.3 is 14.2 Å². The first kappa shape index (κ1) is 24.6. The van der Waals surface area contributed by atoms with Gasteiger partial charge in [0.2, 0.25) is 5.79 Å². The standard InChI is InChI=1S/C26H35NO8/c1-5-31-22(28)14-19(17-7-9-18(10-8-17)27(29)30)23-16(3)21-11-6-15(2)20-12-13-25(4)33-24(32-23)26(20,21)35-34-25/h7-10,15-16,19-21,23-24H,5-6,11-14H2,1-4H3/t15-,16-,19+,20+,21+,23+,24-,25-,26?/m1/s1. The molecule has 1 aliphatic carbocycles. The van der Waals surface area contributed by atoms with Crippen LogP contribution in [0.25, 0.3) is 0 Å². The Bertz CT molecular complexity index is 969. The predicted molar refractivity (Wildman–Crippen MR) is 124 cm³/mol. The summed E-state index contributed by atoms with van der Waals surface area (Å²) < 4.78 is 18.5. The number of benzene rings is 1. The molecule has 192 valence electrons. The summed E-state index contributed by atoms with van der Waals surface area (Å²) in [4.78, 5) is 35.6. The maximum Gasteiger partial charge on any atom is 0.306 e. The maximum atomic E-state index is 12.7. The number of hydrogen-bond acceptors (Lipinski definition) is 8. The van der Waals surface area contributed by atoms with Crippen molar-refractivity contribution < 1.29 is 33.7 Å². The third kappa shape index (κ3) is 4.06. The third-order valence-electron chi connectivity index (χ3n) is 8.83. The molecular formula is C26H35NO8. The van der Waals surface area contributed by atoms with E-state index in [4.69, 9.17) is 24.0 Å². The molecule has 9 heteroatoms. The average Bonchev–Trinajstić information content (AvgIpc) is 3.06. The molecule has 1 spiro atoms. The van der Waals surface area contributed by atoms with Crippen molar-refractivity contribution in [2.75, 3.05) is 6.61 Å². The lowest BCUT2D eigenvalue weighted by molar-refractivity contribution is -0.571. The summed E-state index contributed by atoms with van der Waals surface area (Å²) in [6.07, 6.45) is 2.84. The SMILES string of the molecule is CCOC(=O)C[C@@H](c1ccc([N+](=O)[O-])cc1)[C@H]1O[C@@H]2O[C@@]3(C)CC[C@H]4[C@H](C)CC[C@@H]([C@H]1C)C24OO3. The van der Waals surface area contributed by atoms with E-state index in [9.17, 15) is 14.9 Å². The zero-order valence-corrected chi connectivity index (χ0v) is 20.8. The first-order chi connectivity index (χ1) is 16.7. The molecule has 5 aliphatic rings. The van der Waals surface area contributed by atoms with Crippen LogP contribution in [0, 0.1) is 33.8 Å². The van der Waals surface area contributed by atoms with Gasteiger partial charge >= 0.3 is 5.97 Å². The molecule has 0 N–H and O–H groups in total. The minimum Gasteiger partial charge on any atom is -0.466 e. The van der Waals surface area contributed by atoms with Crippen LogP contribution in [0.1, 0.15) is 71.3 Å². The monoisotopic (exact) mass is 489 g/mol. The number of non-ortho nitro benzene ring substituents is 1. The summed E-state index contributed by atoms with van der Waals surface area (Å²) in [7, 11) is 0. The number of carbonyl (C=O) groups excluding carboxylic acids is 1.